The Kier molecular flexibility index (Phi) is 1.47. The summed E-state index contributed by atoms with van der Waals surface area (Å²) in [6.45, 7) is 0.588. The van der Waals surface area contributed by atoms with Crippen LogP contribution in [0.2, 0.25) is 0 Å². The van der Waals surface area contributed by atoms with Gasteiger partial charge < -0.3 is 14.6 Å². The second kappa shape index (κ2) is 2.20. The number of carbonyl (C=O) groups excluding carboxylic acids is 1. The van der Waals surface area contributed by atoms with E-state index in [0.717, 1.165) is 0 Å². The van der Waals surface area contributed by atoms with Crippen LogP contribution in [0.4, 0.5) is 0 Å². The topological polar surface area (TPSA) is 55.8 Å². The number of aliphatic hydroxyl groups excluding tert-OH is 1. The molecule has 0 unspecified atom stereocenters. The van der Waals surface area contributed by atoms with Crippen LogP contribution in [0.3, 0.4) is 0 Å². The molecule has 0 atom stereocenters. The Balaban J connectivity index is 2.09. The molecule has 0 spiro atoms. The predicted octanol–water partition coefficient (Wildman–Crippen LogP) is -0.299. The molecule has 3 fully saturated rings. The van der Waals surface area contributed by atoms with E-state index in [1.54, 1.807) is 0 Å². The van der Waals surface area contributed by atoms with Gasteiger partial charge in [-0.2, -0.15) is 0 Å². The van der Waals surface area contributed by atoms with E-state index in [-0.39, 0.29) is 18.0 Å². The first-order valence-electron chi connectivity index (χ1n) is 4.00. The van der Waals surface area contributed by atoms with Gasteiger partial charge >= 0.3 is 5.97 Å². The normalized spacial score (nSPS) is 43.8. The molecule has 2 saturated heterocycles. The molecule has 0 aromatic rings. The zero-order valence-corrected chi connectivity index (χ0v) is 7.00. The minimum absolute atomic E-state index is 0.103. The Morgan fingerprint density at radius 3 is 2.75 bits per heavy atom. The number of rotatable bonds is 2. The Hall–Kier alpha value is -0.610. The molecule has 2 aliphatic heterocycles. The highest BCUT2D eigenvalue weighted by Gasteiger charge is 2.66. The quantitative estimate of drug-likeness (QED) is 0.581. The fraction of sp³-hybridized carbons (Fsp3) is 0.875. The van der Waals surface area contributed by atoms with E-state index in [1.165, 1.54) is 7.11 Å². The van der Waals surface area contributed by atoms with Crippen LogP contribution < -0.4 is 0 Å². The van der Waals surface area contributed by atoms with Crippen molar-refractivity contribution < 1.29 is 19.4 Å². The summed E-state index contributed by atoms with van der Waals surface area (Å²) in [7, 11) is 1.36. The van der Waals surface area contributed by atoms with Gasteiger partial charge in [-0.25, -0.2) is 4.79 Å². The van der Waals surface area contributed by atoms with Crippen LogP contribution in [-0.4, -0.2) is 37.0 Å². The van der Waals surface area contributed by atoms with Crippen molar-refractivity contribution in [1.29, 1.82) is 0 Å². The fourth-order valence-electron chi connectivity index (χ4n) is 2.20. The summed E-state index contributed by atoms with van der Waals surface area (Å²) < 4.78 is 9.95. The first-order chi connectivity index (χ1) is 5.66. The lowest BCUT2D eigenvalue weighted by atomic mass is 9.63. The lowest BCUT2D eigenvalue weighted by Gasteiger charge is -2.40. The largest absolute Gasteiger partial charge is 0.467 e. The molecule has 1 N–H and O–H groups in total. The molecule has 0 aromatic heterocycles. The monoisotopic (exact) mass is 172 g/mol. The molecule has 1 saturated carbocycles. The smallest absolute Gasteiger partial charge is 0.338 e. The molecule has 0 radical (unpaired) electrons. The van der Waals surface area contributed by atoms with Crippen molar-refractivity contribution in [3.8, 4) is 0 Å². The predicted molar refractivity (Wildman–Crippen MR) is 39.5 cm³/mol. The molecular formula is C8H12O4. The number of esters is 1. The molecule has 3 aliphatic rings. The molecule has 0 amide bonds. The summed E-state index contributed by atoms with van der Waals surface area (Å²) in [4.78, 5) is 11.2. The Labute approximate surface area is 70.5 Å². The second-order valence-electron chi connectivity index (χ2n) is 3.79. The lowest BCUT2D eigenvalue weighted by molar-refractivity contribution is -0.169. The Morgan fingerprint density at radius 1 is 1.67 bits per heavy atom. The Bertz CT molecular complexity index is 217. The zero-order chi connectivity index (χ0) is 8.82. The molecule has 0 aromatic carbocycles. The molecule has 4 nitrogen and oxygen atoms in total. The van der Waals surface area contributed by atoms with E-state index in [1.807, 2.05) is 0 Å². The SMILES string of the molecule is COC(=O)C12CC(CO)(CO1)C2. The third kappa shape index (κ3) is 0.765. The van der Waals surface area contributed by atoms with Gasteiger partial charge in [0.2, 0.25) is 0 Å². The highest BCUT2D eigenvalue weighted by molar-refractivity contribution is 5.82. The van der Waals surface area contributed by atoms with Gasteiger partial charge in [0.15, 0.2) is 5.60 Å². The Morgan fingerprint density at radius 2 is 2.33 bits per heavy atom. The third-order valence-electron chi connectivity index (χ3n) is 2.87. The van der Waals surface area contributed by atoms with Gasteiger partial charge in [-0.1, -0.05) is 0 Å². The van der Waals surface area contributed by atoms with Crippen molar-refractivity contribution in [3.63, 3.8) is 0 Å². The van der Waals surface area contributed by atoms with Gasteiger partial charge in [-0.15, -0.1) is 0 Å². The van der Waals surface area contributed by atoms with Crippen LogP contribution >= 0.6 is 0 Å². The average Bonchev–Trinajstić information content (AvgIpc) is 2.57. The van der Waals surface area contributed by atoms with Crippen molar-refractivity contribution in [2.75, 3.05) is 20.3 Å². The molecule has 3 rings (SSSR count). The maximum absolute atomic E-state index is 11.2. The maximum Gasteiger partial charge on any atom is 0.338 e. The number of fused-ring (bicyclic) bond motifs is 1. The van der Waals surface area contributed by atoms with Crippen LogP contribution in [-0.2, 0) is 14.3 Å². The van der Waals surface area contributed by atoms with Gasteiger partial charge in [0, 0.05) is 5.41 Å². The fourth-order valence-corrected chi connectivity index (χ4v) is 2.20. The zero-order valence-electron chi connectivity index (χ0n) is 7.00. The highest BCUT2D eigenvalue weighted by Crippen LogP contribution is 2.57. The maximum atomic E-state index is 11.2. The van der Waals surface area contributed by atoms with Crippen LogP contribution in [0.5, 0.6) is 0 Å². The minimum atomic E-state index is -0.711. The van der Waals surface area contributed by atoms with E-state index in [0.29, 0.717) is 19.4 Å². The number of carbonyl (C=O) groups is 1. The van der Waals surface area contributed by atoms with Crippen molar-refractivity contribution in [2.24, 2.45) is 5.41 Å². The van der Waals surface area contributed by atoms with E-state index in [4.69, 9.17) is 9.84 Å². The summed E-state index contributed by atoms with van der Waals surface area (Å²) in [6.07, 6.45) is 1.23. The molecule has 2 heterocycles. The van der Waals surface area contributed by atoms with Gasteiger partial charge in [0.05, 0.1) is 20.3 Å². The molecule has 68 valence electrons. The number of methoxy groups -OCH3 is 1. The molecule has 2 bridgehead atoms. The average molecular weight is 172 g/mol. The van der Waals surface area contributed by atoms with E-state index in [9.17, 15) is 4.79 Å². The van der Waals surface area contributed by atoms with Gasteiger partial charge in [-0.05, 0) is 12.8 Å². The van der Waals surface area contributed by atoms with Crippen LogP contribution in [0, 0.1) is 5.41 Å². The minimum Gasteiger partial charge on any atom is -0.467 e. The molecular weight excluding hydrogens is 160 g/mol. The van der Waals surface area contributed by atoms with Crippen molar-refractivity contribution in [3.05, 3.63) is 0 Å². The highest BCUT2D eigenvalue weighted by atomic mass is 16.6. The van der Waals surface area contributed by atoms with E-state index >= 15 is 0 Å². The summed E-state index contributed by atoms with van der Waals surface area (Å²) >= 11 is 0. The summed E-state index contributed by atoms with van der Waals surface area (Å²) in [5.74, 6) is -0.302. The van der Waals surface area contributed by atoms with E-state index in [2.05, 4.69) is 4.74 Å². The number of ether oxygens (including phenoxy) is 2. The van der Waals surface area contributed by atoms with Crippen molar-refractivity contribution >= 4 is 5.97 Å². The molecule has 4 heteroatoms. The van der Waals surface area contributed by atoms with Gasteiger partial charge in [0.1, 0.15) is 0 Å². The second-order valence-corrected chi connectivity index (χ2v) is 3.79. The number of aliphatic hydroxyl groups is 1. The number of hydrogen-bond donors (Lipinski definition) is 1. The lowest BCUT2D eigenvalue weighted by Crippen LogP contribution is -2.51. The van der Waals surface area contributed by atoms with Crippen LogP contribution in [0.1, 0.15) is 12.8 Å². The first-order valence-corrected chi connectivity index (χ1v) is 4.00. The summed E-state index contributed by atoms with van der Waals surface area (Å²) in [6, 6.07) is 0. The van der Waals surface area contributed by atoms with Gasteiger partial charge in [-0.3, -0.25) is 0 Å². The van der Waals surface area contributed by atoms with Crippen LogP contribution in [0.25, 0.3) is 0 Å². The summed E-state index contributed by atoms with van der Waals surface area (Å²) in [5, 5.41) is 9.00. The molecule has 1 aliphatic carbocycles. The third-order valence-corrected chi connectivity index (χ3v) is 2.87. The first kappa shape index (κ1) is 8.01. The standard InChI is InChI=1S/C8H12O4/c1-11-6(10)8-2-7(3-8,4-9)5-12-8/h9H,2-5H2,1H3. The number of hydrogen-bond acceptors (Lipinski definition) is 4. The van der Waals surface area contributed by atoms with Crippen LogP contribution in [0.15, 0.2) is 0 Å². The van der Waals surface area contributed by atoms with Crippen molar-refractivity contribution in [1.82, 2.24) is 0 Å². The van der Waals surface area contributed by atoms with Crippen molar-refractivity contribution in [2.45, 2.75) is 18.4 Å². The molecule has 12 heavy (non-hydrogen) atoms. The van der Waals surface area contributed by atoms with E-state index < -0.39 is 5.60 Å². The summed E-state index contributed by atoms with van der Waals surface area (Å²) in [5.41, 5.74) is -0.855. The van der Waals surface area contributed by atoms with Gasteiger partial charge in [0.25, 0.3) is 0 Å².